The van der Waals surface area contributed by atoms with Gasteiger partial charge in [0.15, 0.2) is 0 Å². The van der Waals surface area contributed by atoms with Crippen LogP contribution in [0.5, 0.6) is 5.75 Å². The van der Waals surface area contributed by atoms with Gasteiger partial charge in [-0.25, -0.2) is 0 Å². The van der Waals surface area contributed by atoms with Crippen LogP contribution in [-0.4, -0.2) is 19.6 Å². The fourth-order valence-electron chi connectivity index (χ4n) is 2.05. The van der Waals surface area contributed by atoms with E-state index in [1.807, 2.05) is 25.1 Å². The van der Waals surface area contributed by atoms with Crippen molar-refractivity contribution >= 4 is 17.3 Å². The summed E-state index contributed by atoms with van der Waals surface area (Å²) in [7, 11) is 1.60. The zero-order valence-electron chi connectivity index (χ0n) is 11.7. The molecule has 0 unspecified atom stereocenters. The van der Waals surface area contributed by atoms with E-state index in [2.05, 4.69) is 0 Å². The zero-order chi connectivity index (χ0) is 14.5. The Balaban J connectivity index is 2.31. The van der Waals surface area contributed by atoms with Gasteiger partial charge in [0.25, 0.3) is 5.91 Å². The van der Waals surface area contributed by atoms with E-state index in [-0.39, 0.29) is 5.91 Å². The third-order valence-corrected chi connectivity index (χ3v) is 3.13. The maximum absolute atomic E-state index is 12.6. The van der Waals surface area contributed by atoms with Crippen LogP contribution in [0.3, 0.4) is 0 Å². The lowest BCUT2D eigenvalue weighted by atomic mass is 10.1. The average molecular weight is 270 g/mol. The summed E-state index contributed by atoms with van der Waals surface area (Å²) in [5.74, 6) is 0.650. The first-order valence-corrected chi connectivity index (χ1v) is 6.47. The molecule has 0 bridgehead atoms. The van der Waals surface area contributed by atoms with Gasteiger partial charge in [-0.05, 0) is 43.3 Å². The number of amides is 1. The first kappa shape index (κ1) is 13.9. The highest BCUT2D eigenvalue weighted by Crippen LogP contribution is 2.24. The molecule has 20 heavy (non-hydrogen) atoms. The molecule has 2 aromatic carbocycles. The number of carbonyl (C=O) groups is 1. The minimum Gasteiger partial charge on any atom is -0.497 e. The first-order valence-electron chi connectivity index (χ1n) is 6.47. The van der Waals surface area contributed by atoms with Crippen LogP contribution < -0.4 is 15.4 Å². The monoisotopic (exact) mass is 270 g/mol. The molecule has 2 N–H and O–H groups in total. The second-order valence-electron chi connectivity index (χ2n) is 4.34. The van der Waals surface area contributed by atoms with E-state index in [1.165, 1.54) is 0 Å². The van der Waals surface area contributed by atoms with Gasteiger partial charge < -0.3 is 15.4 Å². The maximum Gasteiger partial charge on any atom is 0.258 e. The summed E-state index contributed by atoms with van der Waals surface area (Å²) in [6.45, 7) is 2.48. The number of carbonyl (C=O) groups excluding carboxylic acids is 1. The Morgan fingerprint density at radius 1 is 1.15 bits per heavy atom. The van der Waals surface area contributed by atoms with E-state index < -0.39 is 0 Å². The molecule has 0 heterocycles. The summed E-state index contributed by atoms with van der Waals surface area (Å²) in [5, 5.41) is 0. The number of benzene rings is 2. The minimum absolute atomic E-state index is 0.0759. The first-order chi connectivity index (χ1) is 9.67. The van der Waals surface area contributed by atoms with Gasteiger partial charge in [0.2, 0.25) is 0 Å². The second-order valence-corrected chi connectivity index (χ2v) is 4.34. The van der Waals surface area contributed by atoms with Crippen molar-refractivity contribution in [3.8, 4) is 5.75 Å². The molecular formula is C16H18N2O2. The molecule has 0 radical (unpaired) electrons. The molecule has 0 atom stereocenters. The third kappa shape index (κ3) is 2.74. The molecule has 0 spiro atoms. The normalized spacial score (nSPS) is 10.1. The van der Waals surface area contributed by atoms with E-state index in [0.29, 0.717) is 17.8 Å². The summed E-state index contributed by atoms with van der Waals surface area (Å²) in [4.78, 5) is 14.2. The lowest BCUT2D eigenvalue weighted by Gasteiger charge is -2.22. The standard InChI is InChI=1S/C16H18N2O2/c1-3-18(15-7-5-4-6-14(15)17)16(19)12-8-10-13(20-2)11-9-12/h4-11H,3,17H2,1-2H3. The average Bonchev–Trinajstić information content (AvgIpc) is 2.50. The molecule has 0 aliphatic rings. The highest BCUT2D eigenvalue weighted by molar-refractivity contribution is 6.07. The Morgan fingerprint density at radius 2 is 1.80 bits per heavy atom. The van der Waals surface area contributed by atoms with Crippen LogP contribution in [0.2, 0.25) is 0 Å². The highest BCUT2D eigenvalue weighted by Gasteiger charge is 2.17. The highest BCUT2D eigenvalue weighted by atomic mass is 16.5. The molecule has 0 fully saturated rings. The number of methoxy groups -OCH3 is 1. The molecule has 4 nitrogen and oxygen atoms in total. The van der Waals surface area contributed by atoms with Crippen LogP contribution in [0.4, 0.5) is 11.4 Å². The van der Waals surface area contributed by atoms with Gasteiger partial charge in [-0.3, -0.25) is 4.79 Å². The molecule has 2 aromatic rings. The molecule has 1 amide bonds. The van der Waals surface area contributed by atoms with Gasteiger partial charge in [0.1, 0.15) is 5.75 Å². The number of nitrogens with zero attached hydrogens (tertiary/aromatic N) is 1. The predicted octanol–water partition coefficient (Wildman–Crippen LogP) is 2.94. The second kappa shape index (κ2) is 6.10. The predicted molar refractivity (Wildman–Crippen MR) is 81.2 cm³/mol. The number of anilines is 2. The smallest absolute Gasteiger partial charge is 0.258 e. The van der Waals surface area contributed by atoms with E-state index in [9.17, 15) is 4.79 Å². The van der Waals surface area contributed by atoms with Crippen LogP contribution in [0.1, 0.15) is 17.3 Å². The van der Waals surface area contributed by atoms with Crippen molar-refractivity contribution in [3.05, 3.63) is 54.1 Å². The van der Waals surface area contributed by atoms with Crippen molar-refractivity contribution in [2.45, 2.75) is 6.92 Å². The minimum atomic E-state index is -0.0759. The van der Waals surface area contributed by atoms with Crippen molar-refractivity contribution in [1.29, 1.82) is 0 Å². The summed E-state index contributed by atoms with van der Waals surface area (Å²) in [6.07, 6.45) is 0. The van der Waals surface area contributed by atoms with E-state index in [4.69, 9.17) is 10.5 Å². The molecule has 0 aliphatic heterocycles. The Kier molecular flexibility index (Phi) is 4.25. The number of hydrogen-bond acceptors (Lipinski definition) is 3. The summed E-state index contributed by atoms with van der Waals surface area (Å²) < 4.78 is 5.09. The number of nitrogens with two attached hydrogens (primary N) is 1. The molecule has 2 rings (SSSR count). The van der Waals surface area contributed by atoms with E-state index in [0.717, 1.165) is 11.4 Å². The van der Waals surface area contributed by atoms with Crippen molar-refractivity contribution in [2.24, 2.45) is 0 Å². The Labute approximate surface area is 118 Å². The molecule has 0 aromatic heterocycles. The van der Waals surface area contributed by atoms with Crippen molar-refractivity contribution in [3.63, 3.8) is 0 Å². The van der Waals surface area contributed by atoms with Gasteiger partial charge in [0.05, 0.1) is 18.5 Å². The molecule has 0 aliphatic carbocycles. The lowest BCUT2D eigenvalue weighted by molar-refractivity contribution is 0.0988. The van der Waals surface area contributed by atoms with Crippen LogP contribution >= 0.6 is 0 Å². The molecule has 0 saturated heterocycles. The van der Waals surface area contributed by atoms with Crippen molar-refractivity contribution in [1.82, 2.24) is 0 Å². The SMILES string of the molecule is CCN(C(=O)c1ccc(OC)cc1)c1ccccc1N. The molecule has 0 saturated carbocycles. The number of nitrogen functional groups attached to an aromatic ring is 1. The van der Waals surface area contributed by atoms with Crippen LogP contribution in [0.15, 0.2) is 48.5 Å². The summed E-state index contributed by atoms with van der Waals surface area (Å²) in [5.41, 5.74) is 7.88. The van der Waals surface area contributed by atoms with Gasteiger partial charge >= 0.3 is 0 Å². The number of hydrogen-bond donors (Lipinski definition) is 1. The van der Waals surface area contributed by atoms with Gasteiger partial charge in [0, 0.05) is 12.1 Å². The zero-order valence-corrected chi connectivity index (χ0v) is 11.7. The number of ether oxygens (including phenoxy) is 1. The van der Waals surface area contributed by atoms with E-state index >= 15 is 0 Å². The topological polar surface area (TPSA) is 55.6 Å². The molecule has 104 valence electrons. The number of para-hydroxylation sites is 2. The van der Waals surface area contributed by atoms with Gasteiger partial charge in [-0.1, -0.05) is 12.1 Å². The maximum atomic E-state index is 12.6. The third-order valence-electron chi connectivity index (χ3n) is 3.13. The molecule has 4 heteroatoms. The number of rotatable bonds is 4. The van der Waals surface area contributed by atoms with E-state index in [1.54, 1.807) is 42.3 Å². The van der Waals surface area contributed by atoms with Gasteiger partial charge in [-0.2, -0.15) is 0 Å². The van der Waals surface area contributed by atoms with Crippen LogP contribution in [0.25, 0.3) is 0 Å². The Hall–Kier alpha value is -2.49. The quantitative estimate of drug-likeness (QED) is 0.869. The van der Waals surface area contributed by atoms with Gasteiger partial charge in [-0.15, -0.1) is 0 Å². The Bertz CT molecular complexity index is 594. The fourth-order valence-corrected chi connectivity index (χ4v) is 2.05. The summed E-state index contributed by atoms with van der Waals surface area (Å²) >= 11 is 0. The lowest BCUT2D eigenvalue weighted by Crippen LogP contribution is -2.31. The molecular weight excluding hydrogens is 252 g/mol. The van der Waals surface area contributed by atoms with Crippen molar-refractivity contribution < 1.29 is 9.53 Å². The van der Waals surface area contributed by atoms with Crippen LogP contribution in [-0.2, 0) is 0 Å². The largest absolute Gasteiger partial charge is 0.497 e. The Morgan fingerprint density at radius 3 is 2.35 bits per heavy atom. The van der Waals surface area contributed by atoms with Crippen LogP contribution in [0, 0.1) is 0 Å². The van der Waals surface area contributed by atoms with Crippen molar-refractivity contribution in [2.75, 3.05) is 24.3 Å². The fraction of sp³-hybridized carbons (Fsp3) is 0.188. The summed E-state index contributed by atoms with van der Waals surface area (Å²) in [6, 6.07) is 14.4.